The van der Waals surface area contributed by atoms with E-state index in [1.165, 1.54) is 6.42 Å². The molecule has 2 aliphatic rings. The van der Waals surface area contributed by atoms with E-state index in [1.807, 2.05) is 44.2 Å². The van der Waals surface area contributed by atoms with Crippen LogP contribution >= 0.6 is 0 Å². The minimum absolute atomic E-state index is 0.0906. The van der Waals surface area contributed by atoms with Gasteiger partial charge in [0.15, 0.2) is 0 Å². The summed E-state index contributed by atoms with van der Waals surface area (Å²) in [6.45, 7) is 6.04. The van der Waals surface area contributed by atoms with Gasteiger partial charge in [0.2, 0.25) is 11.8 Å². The summed E-state index contributed by atoms with van der Waals surface area (Å²) >= 11 is 0. The molecule has 3 rings (SSSR count). The van der Waals surface area contributed by atoms with Gasteiger partial charge < -0.3 is 30.3 Å². The lowest BCUT2D eigenvalue weighted by Gasteiger charge is -2.47. The molecule has 1 aromatic carbocycles. The van der Waals surface area contributed by atoms with Crippen molar-refractivity contribution in [2.24, 2.45) is 11.8 Å². The van der Waals surface area contributed by atoms with Crippen molar-refractivity contribution < 1.29 is 29.2 Å². The zero-order valence-corrected chi connectivity index (χ0v) is 23.0. The molecule has 1 saturated carbocycles. The predicted octanol–water partition coefficient (Wildman–Crippen LogP) is 3.18. The van der Waals surface area contributed by atoms with Crippen LogP contribution in [0.15, 0.2) is 30.3 Å². The number of amides is 3. The number of hydrogen-bond acceptors (Lipinski definition) is 6. The van der Waals surface area contributed by atoms with Gasteiger partial charge in [-0.2, -0.15) is 0 Å². The summed E-state index contributed by atoms with van der Waals surface area (Å²) in [5, 5.41) is 25.1. The summed E-state index contributed by atoms with van der Waals surface area (Å²) in [6.07, 6.45) is 6.66. The number of likely N-dealkylation sites (tertiary alicyclic amines) is 1. The number of nitrogens with one attached hydrogen (secondary N) is 2. The van der Waals surface area contributed by atoms with E-state index in [-0.39, 0.29) is 24.3 Å². The molecular formula is C28H44BN3O6. The van der Waals surface area contributed by atoms with Gasteiger partial charge >= 0.3 is 13.2 Å². The topological polar surface area (TPSA) is 128 Å². The van der Waals surface area contributed by atoms with Crippen molar-refractivity contribution in [1.82, 2.24) is 15.5 Å². The van der Waals surface area contributed by atoms with Gasteiger partial charge in [-0.05, 0) is 43.1 Å². The number of rotatable bonds is 11. The molecule has 1 aliphatic heterocycles. The van der Waals surface area contributed by atoms with E-state index in [2.05, 4.69) is 10.6 Å². The number of hydrogen-bond donors (Lipinski definition) is 4. The molecule has 1 heterocycles. The third-order valence-electron chi connectivity index (χ3n) is 8.22. The van der Waals surface area contributed by atoms with Gasteiger partial charge in [-0.15, -0.1) is 0 Å². The highest BCUT2D eigenvalue weighted by Crippen LogP contribution is 2.35. The third kappa shape index (κ3) is 7.50. The van der Waals surface area contributed by atoms with Crippen LogP contribution in [0.5, 0.6) is 0 Å². The first-order valence-corrected chi connectivity index (χ1v) is 14.1. The van der Waals surface area contributed by atoms with E-state index in [0.717, 1.165) is 31.2 Å². The summed E-state index contributed by atoms with van der Waals surface area (Å²) in [6, 6.07) is 8.59. The van der Waals surface area contributed by atoms with Gasteiger partial charge in [-0.1, -0.05) is 83.2 Å². The van der Waals surface area contributed by atoms with Gasteiger partial charge in [0.05, 0.1) is 5.94 Å². The van der Waals surface area contributed by atoms with E-state index in [9.17, 15) is 24.4 Å². The molecule has 0 radical (unpaired) electrons. The smallest absolute Gasteiger partial charge is 0.445 e. The van der Waals surface area contributed by atoms with E-state index < -0.39 is 30.7 Å². The van der Waals surface area contributed by atoms with E-state index in [1.54, 1.807) is 11.8 Å². The quantitative estimate of drug-likeness (QED) is 0.326. The molecule has 38 heavy (non-hydrogen) atoms. The Hall–Kier alpha value is -2.59. The largest absolute Gasteiger partial charge is 0.475 e. The number of carbonyl (C=O) groups excluding carboxylic acids is 3. The van der Waals surface area contributed by atoms with Gasteiger partial charge in [-0.3, -0.25) is 9.59 Å². The van der Waals surface area contributed by atoms with Crippen LogP contribution in [0.2, 0.25) is 0 Å². The SMILES string of the molecule is CC[C@H](NC(=O)[C@H](CC1CCCCC1)N1CCCC(NC(=O)OCc2ccccc2)(C(C)C)C1=O)B(O)O. The van der Waals surface area contributed by atoms with Crippen molar-refractivity contribution >= 4 is 25.0 Å². The third-order valence-corrected chi connectivity index (χ3v) is 8.22. The number of benzene rings is 1. The highest BCUT2D eigenvalue weighted by Gasteiger charge is 2.50. The van der Waals surface area contributed by atoms with Crippen LogP contribution in [0.1, 0.15) is 84.1 Å². The van der Waals surface area contributed by atoms with E-state index in [4.69, 9.17) is 4.74 Å². The zero-order chi connectivity index (χ0) is 27.7. The summed E-state index contributed by atoms with van der Waals surface area (Å²) in [5.74, 6) is -1.41. The molecule has 3 amide bonds. The van der Waals surface area contributed by atoms with Crippen molar-refractivity contribution in [2.45, 2.75) is 103 Å². The minimum Gasteiger partial charge on any atom is -0.445 e. The molecule has 1 aliphatic carbocycles. The summed E-state index contributed by atoms with van der Waals surface area (Å²) in [5.41, 5.74) is -0.351. The molecule has 2 fully saturated rings. The molecule has 0 bridgehead atoms. The summed E-state index contributed by atoms with van der Waals surface area (Å²) in [4.78, 5) is 42.2. The summed E-state index contributed by atoms with van der Waals surface area (Å²) in [7, 11) is -1.69. The molecule has 3 atom stereocenters. The van der Waals surface area contributed by atoms with Gasteiger partial charge in [0, 0.05) is 6.54 Å². The lowest BCUT2D eigenvalue weighted by Crippen LogP contribution is -2.68. The van der Waals surface area contributed by atoms with Crippen LogP contribution in [0.4, 0.5) is 4.79 Å². The molecule has 9 nitrogen and oxygen atoms in total. The van der Waals surface area contributed by atoms with Crippen molar-refractivity contribution in [3.05, 3.63) is 35.9 Å². The average Bonchev–Trinajstić information content (AvgIpc) is 2.91. The van der Waals surface area contributed by atoms with E-state index >= 15 is 0 Å². The molecule has 1 aromatic rings. The molecular weight excluding hydrogens is 485 g/mol. The van der Waals surface area contributed by atoms with Crippen LogP contribution in [-0.2, 0) is 20.9 Å². The van der Waals surface area contributed by atoms with Crippen LogP contribution in [0.25, 0.3) is 0 Å². The molecule has 1 saturated heterocycles. The fraction of sp³-hybridized carbons (Fsp3) is 0.679. The monoisotopic (exact) mass is 529 g/mol. The van der Waals surface area contributed by atoms with Crippen molar-refractivity contribution in [1.29, 1.82) is 0 Å². The average molecular weight is 529 g/mol. The van der Waals surface area contributed by atoms with Crippen LogP contribution in [0, 0.1) is 11.8 Å². The maximum atomic E-state index is 14.2. The van der Waals surface area contributed by atoms with Crippen LogP contribution in [0.3, 0.4) is 0 Å². The Bertz CT molecular complexity index is 924. The number of carbonyl (C=O) groups is 3. The Kier molecular flexibility index (Phi) is 11.0. The van der Waals surface area contributed by atoms with Crippen LogP contribution in [-0.4, -0.2) is 64.0 Å². The maximum Gasteiger partial charge on any atom is 0.475 e. The van der Waals surface area contributed by atoms with Crippen LogP contribution < -0.4 is 10.6 Å². The number of ether oxygens (including phenoxy) is 1. The van der Waals surface area contributed by atoms with Gasteiger partial charge in [0.1, 0.15) is 18.2 Å². The first-order chi connectivity index (χ1) is 18.2. The predicted molar refractivity (Wildman–Crippen MR) is 146 cm³/mol. The fourth-order valence-electron chi connectivity index (χ4n) is 5.81. The molecule has 0 spiro atoms. The first kappa shape index (κ1) is 30.0. The Morgan fingerprint density at radius 3 is 2.42 bits per heavy atom. The van der Waals surface area contributed by atoms with E-state index in [0.29, 0.717) is 38.1 Å². The zero-order valence-electron chi connectivity index (χ0n) is 23.0. The normalized spacial score (nSPS) is 22.1. The minimum atomic E-state index is -1.69. The highest BCUT2D eigenvalue weighted by atomic mass is 16.5. The number of piperidine rings is 1. The van der Waals surface area contributed by atoms with Crippen molar-refractivity contribution in [3.63, 3.8) is 0 Å². The highest BCUT2D eigenvalue weighted by molar-refractivity contribution is 6.43. The van der Waals surface area contributed by atoms with Gasteiger partial charge in [0.25, 0.3) is 0 Å². The second-order valence-corrected chi connectivity index (χ2v) is 11.1. The lowest BCUT2D eigenvalue weighted by atomic mass is 9.76. The Morgan fingerprint density at radius 1 is 1.13 bits per heavy atom. The Balaban J connectivity index is 1.81. The molecule has 1 unspecified atom stereocenters. The summed E-state index contributed by atoms with van der Waals surface area (Å²) < 4.78 is 5.46. The van der Waals surface area contributed by atoms with Crippen molar-refractivity contribution in [3.8, 4) is 0 Å². The second-order valence-electron chi connectivity index (χ2n) is 11.1. The second kappa shape index (κ2) is 14.0. The Morgan fingerprint density at radius 2 is 1.82 bits per heavy atom. The molecule has 0 aromatic heterocycles. The lowest BCUT2D eigenvalue weighted by molar-refractivity contribution is -0.152. The van der Waals surface area contributed by atoms with Gasteiger partial charge in [-0.25, -0.2) is 4.79 Å². The number of nitrogens with zero attached hydrogens (tertiary/aromatic N) is 1. The first-order valence-electron chi connectivity index (χ1n) is 14.1. The fourth-order valence-corrected chi connectivity index (χ4v) is 5.81. The maximum absolute atomic E-state index is 14.2. The molecule has 10 heteroatoms. The molecule has 210 valence electrons. The standard InChI is InChI=1S/C28H44BN3O6/c1-4-24(29(36)37)30-25(33)23(18-21-12-7-5-8-13-21)32-17-11-16-28(20(2)3,26(32)34)31-27(35)38-19-22-14-9-6-10-15-22/h6,9-10,14-15,20-21,23-24,36-37H,4-5,7-8,11-13,16-19H2,1-3H3,(H,30,33)(H,31,35)/t23-,24-,28?/m0/s1. The Labute approximate surface area is 226 Å². The number of alkyl carbamates (subject to hydrolysis) is 1. The molecule has 4 N–H and O–H groups in total. The van der Waals surface area contributed by atoms with Crippen molar-refractivity contribution in [2.75, 3.05) is 6.54 Å².